The molecule has 3 N–H and O–H groups in total. The summed E-state index contributed by atoms with van der Waals surface area (Å²) in [7, 11) is 1.68. The number of hydrogen-bond donors (Lipinski definition) is 3. The maximum atomic E-state index is 10.3. The number of aliphatic hydroxyl groups is 1. The van der Waals surface area contributed by atoms with Crippen LogP contribution < -0.4 is 25.0 Å². The van der Waals surface area contributed by atoms with Gasteiger partial charge in [-0.3, -0.25) is 0 Å². The van der Waals surface area contributed by atoms with Gasteiger partial charge in [0.1, 0.15) is 18.1 Å². The van der Waals surface area contributed by atoms with Crippen molar-refractivity contribution in [3.05, 3.63) is 55.0 Å². The number of nitrogens with zero attached hydrogens (tertiary/aromatic N) is 4. The van der Waals surface area contributed by atoms with Crippen molar-refractivity contribution in [1.82, 2.24) is 14.4 Å². The summed E-state index contributed by atoms with van der Waals surface area (Å²) >= 11 is 0. The number of methoxy groups -OCH3 is 1. The first-order valence-corrected chi connectivity index (χ1v) is 12.3. The summed E-state index contributed by atoms with van der Waals surface area (Å²) in [5, 5.41) is 17.1. The van der Waals surface area contributed by atoms with Gasteiger partial charge in [-0.1, -0.05) is 6.07 Å². The van der Waals surface area contributed by atoms with Crippen LogP contribution in [-0.4, -0.2) is 58.4 Å². The molecule has 4 aromatic rings. The highest BCUT2D eigenvalue weighted by atomic mass is 16.5. The third-order valence-electron chi connectivity index (χ3n) is 6.95. The van der Waals surface area contributed by atoms with Crippen LogP contribution in [-0.2, 0) is 0 Å². The molecule has 0 radical (unpaired) electrons. The van der Waals surface area contributed by atoms with E-state index in [-0.39, 0.29) is 0 Å². The molecule has 186 valence electrons. The van der Waals surface area contributed by atoms with Gasteiger partial charge in [-0.05, 0) is 44.0 Å². The summed E-state index contributed by atoms with van der Waals surface area (Å²) < 4.78 is 13.5. The van der Waals surface area contributed by atoms with E-state index in [1.807, 2.05) is 54.0 Å². The van der Waals surface area contributed by atoms with Gasteiger partial charge in [0.15, 0.2) is 11.5 Å². The fourth-order valence-corrected chi connectivity index (χ4v) is 4.83. The normalized spacial score (nSPS) is 16.7. The highest BCUT2D eigenvalue weighted by Gasteiger charge is 2.28. The Morgan fingerprint density at radius 2 is 2.03 bits per heavy atom. The van der Waals surface area contributed by atoms with Crippen LogP contribution in [0, 0.1) is 0 Å². The summed E-state index contributed by atoms with van der Waals surface area (Å²) in [4.78, 5) is 11.7. The summed E-state index contributed by atoms with van der Waals surface area (Å²) in [5.74, 6) is 2.26. The first-order valence-electron chi connectivity index (χ1n) is 12.3. The van der Waals surface area contributed by atoms with E-state index in [0.717, 1.165) is 77.9 Å². The zero-order valence-corrected chi connectivity index (χ0v) is 20.5. The van der Waals surface area contributed by atoms with E-state index in [2.05, 4.69) is 26.6 Å². The van der Waals surface area contributed by atoms with Crippen molar-refractivity contribution in [2.45, 2.75) is 25.4 Å². The van der Waals surface area contributed by atoms with E-state index < -0.39 is 5.60 Å². The number of anilines is 4. The predicted molar refractivity (Wildman–Crippen MR) is 141 cm³/mol. The molecular weight excluding hydrogens is 456 g/mol. The van der Waals surface area contributed by atoms with Crippen LogP contribution in [0.15, 0.2) is 55.0 Å². The van der Waals surface area contributed by atoms with Crippen LogP contribution in [0.1, 0.15) is 19.8 Å². The van der Waals surface area contributed by atoms with Gasteiger partial charge in [-0.25, -0.2) is 9.97 Å². The Morgan fingerprint density at radius 1 is 1.17 bits per heavy atom. The number of benzene rings is 2. The fraction of sp³-hybridized carbons (Fsp3) is 0.333. The molecule has 2 aliphatic heterocycles. The second-order valence-corrected chi connectivity index (χ2v) is 9.61. The summed E-state index contributed by atoms with van der Waals surface area (Å²) in [6.07, 6.45) is 7.11. The Kier molecular flexibility index (Phi) is 5.56. The van der Waals surface area contributed by atoms with Crippen LogP contribution in [0.25, 0.3) is 16.9 Å². The fourth-order valence-electron chi connectivity index (χ4n) is 4.83. The van der Waals surface area contributed by atoms with E-state index in [1.165, 1.54) is 0 Å². The van der Waals surface area contributed by atoms with Gasteiger partial charge in [0.25, 0.3) is 0 Å². The highest BCUT2D eigenvalue weighted by molar-refractivity contribution is 5.77. The third-order valence-corrected chi connectivity index (χ3v) is 6.95. The molecule has 9 nitrogen and oxygen atoms in total. The SMILES string of the molecule is COc1cc(Nc2nc(-c3ccc4c(c3)OCCN4)cn3ccnc23)ccc1N1CCC(C)(O)CC1. The molecule has 36 heavy (non-hydrogen) atoms. The molecule has 9 heteroatoms. The molecule has 2 aromatic carbocycles. The number of fused-ring (bicyclic) bond motifs is 2. The first kappa shape index (κ1) is 22.5. The predicted octanol–water partition coefficient (Wildman–Crippen LogP) is 4.30. The van der Waals surface area contributed by atoms with Crippen molar-refractivity contribution in [3.63, 3.8) is 0 Å². The van der Waals surface area contributed by atoms with E-state index in [4.69, 9.17) is 14.5 Å². The summed E-state index contributed by atoms with van der Waals surface area (Å²) in [5.41, 5.74) is 4.78. The lowest BCUT2D eigenvalue weighted by Crippen LogP contribution is -2.42. The maximum absolute atomic E-state index is 10.3. The summed E-state index contributed by atoms with van der Waals surface area (Å²) in [6, 6.07) is 12.2. The van der Waals surface area contributed by atoms with Crippen LogP contribution in [0.5, 0.6) is 11.5 Å². The molecule has 1 fully saturated rings. The first-order chi connectivity index (χ1) is 17.5. The molecule has 0 spiro atoms. The van der Waals surface area contributed by atoms with Crippen molar-refractivity contribution in [2.75, 3.05) is 48.9 Å². The van der Waals surface area contributed by atoms with Crippen LogP contribution in [0.4, 0.5) is 22.9 Å². The third kappa shape index (κ3) is 4.26. The van der Waals surface area contributed by atoms with Gasteiger partial charge in [-0.2, -0.15) is 0 Å². The molecule has 2 aromatic heterocycles. The molecule has 2 aliphatic rings. The minimum Gasteiger partial charge on any atom is -0.495 e. The lowest BCUT2D eigenvalue weighted by molar-refractivity contribution is 0.0350. The number of rotatable bonds is 5. The second-order valence-electron chi connectivity index (χ2n) is 9.61. The molecule has 0 saturated carbocycles. The number of ether oxygens (including phenoxy) is 2. The lowest BCUT2D eigenvalue weighted by Gasteiger charge is -2.37. The van der Waals surface area contributed by atoms with E-state index in [1.54, 1.807) is 13.3 Å². The smallest absolute Gasteiger partial charge is 0.180 e. The average Bonchev–Trinajstić information content (AvgIpc) is 3.38. The Labute approximate surface area is 209 Å². The monoisotopic (exact) mass is 486 g/mol. The minimum atomic E-state index is -0.599. The number of hydrogen-bond acceptors (Lipinski definition) is 8. The van der Waals surface area contributed by atoms with E-state index in [0.29, 0.717) is 12.4 Å². The lowest BCUT2D eigenvalue weighted by atomic mass is 9.93. The van der Waals surface area contributed by atoms with Crippen molar-refractivity contribution in [2.24, 2.45) is 0 Å². The summed E-state index contributed by atoms with van der Waals surface area (Å²) in [6.45, 7) is 4.93. The van der Waals surface area contributed by atoms with Crippen LogP contribution >= 0.6 is 0 Å². The maximum Gasteiger partial charge on any atom is 0.180 e. The number of imidazole rings is 1. The molecular formula is C27H30N6O3. The van der Waals surface area contributed by atoms with Crippen molar-refractivity contribution in [3.8, 4) is 22.8 Å². The van der Waals surface area contributed by atoms with Gasteiger partial charge >= 0.3 is 0 Å². The highest BCUT2D eigenvalue weighted by Crippen LogP contribution is 2.36. The molecule has 1 saturated heterocycles. The van der Waals surface area contributed by atoms with Crippen LogP contribution in [0.2, 0.25) is 0 Å². The molecule has 4 heterocycles. The van der Waals surface area contributed by atoms with Gasteiger partial charge in [0.2, 0.25) is 0 Å². The quantitative estimate of drug-likeness (QED) is 0.384. The van der Waals surface area contributed by atoms with Gasteiger partial charge < -0.3 is 34.5 Å². The minimum absolute atomic E-state index is 0.599. The molecule has 0 atom stereocenters. The Bertz CT molecular complexity index is 1410. The molecule has 0 bridgehead atoms. The molecule has 0 amide bonds. The Morgan fingerprint density at radius 3 is 2.86 bits per heavy atom. The van der Waals surface area contributed by atoms with Gasteiger partial charge in [0.05, 0.1) is 29.8 Å². The average molecular weight is 487 g/mol. The zero-order chi connectivity index (χ0) is 24.7. The Hall–Kier alpha value is -3.98. The second kappa shape index (κ2) is 8.91. The Balaban J connectivity index is 1.31. The largest absolute Gasteiger partial charge is 0.495 e. The van der Waals surface area contributed by atoms with E-state index in [9.17, 15) is 5.11 Å². The number of piperidine rings is 1. The van der Waals surface area contributed by atoms with Crippen molar-refractivity contribution < 1.29 is 14.6 Å². The van der Waals surface area contributed by atoms with Crippen molar-refractivity contribution >= 4 is 28.5 Å². The van der Waals surface area contributed by atoms with Crippen molar-refractivity contribution in [1.29, 1.82) is 0 Å². The van der Waals surface area contributed by atoms with E-state index >= 15 is 0 Å². The van der Waals surface area contributed by atoms with Gasteiger partial charge in [-0.15, -0.1) is 0 Å². The molecule has 0 unspecified atom stereocenters. The standard InChI is InChI=1S/C27H30N6O3/c1-27(34)7-11-32(12-8-27)22-6-4-19(16-24(22)35-2)30-25-26-29-9-13-33(26)17-21(31-25)18-3-5-20-23(15-18)36-14-10-28-20/h3-6,9,13,15-17,28,34H,7-8,10-12,14H2,1-2H3,(H,30,31). The molecule has 0 aliphatic carbocycles. The molecule has 6 rings (SSSR count). The van der Waals surface area contributed by atoms with Crippen LogP contribution in [0.3, 0.4) is 0 Å². The number of nitrogens with one attached hydrogen (secondary N) is 2. The number of aromatic nitrogens is 3. The zero-order valence-electron chi connectivity index (χ0n) is 20.5. The van der Waals surface area contributed by atoms with Gasteiger partial charge in [0, 0.05) is 55.5 Å². The topological polar surface area (TPSA) is 96.2 Å².